The van der Waals surface area contributed by atoms with Crippen molar-refractivity contribution in [3.63, 3.8) is 0 Å². The van der Waals surface area contributed by atoms with Crippen molar-refractivity contribution < 1.29 is 24.6 Å². The fourth-order valence-corrected chi connectivity index (χ4v) is 2.05. The third-order valence-corrected chi connectivity index (χ3v) is 3.29. The van der Waals surface area contributed by atoms with Crippen LogP contribution >= 0.6 is 0 Å². The summed E-state index contributed by atoms with van der Waals surface area (Å²) in [6.07, 6.45) is 1.51. The summed E-state index contributed by atoms with van der Waals surface area (Å²) < 4.78 is 5.54. The number of hydrogen-bond acceptors (Lipinski definition) is 7. The van der Waals surface area contributed by atoms with Gasteiger partial charge in [-0.15, -0.1) is 0 Å². The number of benzene rings is 1. The lowest BCUT2D eigenvalue weighted by molar-refractivity contribution is -0.116. The van der Waals surface area contributed by atoms with E-state index in [2.05, 4.69) is 15.5 Å². The van der Waals surface area contributed by atoms with E-state index in [1.807, 2.05) is 0 Å². The molecule has 2 rings (SSSR count). The first kappa shape index (κ1) is 18.9. The van der Waals surface area contributed by atoms with Crippen LogP contribution in [0.5, 0.6) is 5.75 Å². The number of aromatic carboxylic acids is 1. The van der Waals surface area contributed by atoms with Crippen LogP contribution in [0.3, 0.4) is 0 Å². The standard InChI is InChI=1S/C17H18N4O5/c18-6-4-16(22)20-12-2-1-3-13(9-12)26-10-15(21-25)14-8-11(17(23)24)5-7-19-14/h1-3,5,7-9,25H,4,6,10,18H2,(H,20,22)(H,23,24)/b21-15+. The van der Waals surface area contributed by atoms with E-state index in [9.17, 15) is 14.8 Å². The zero-order chi connectivity index (χ0) is 18.9. The van der Waals surface area contributed by atoms with Gasteiger partial charge >= 0.3 is 5.97 Å². The third-order valence-electron chi connectivity index (χ3n) is 3.29. The van der Waals surface area contributed by atoms with E-state index in [0.717, 1.165) is 0 Å². The van der Waals surface area contributed by atoms with Crippen LogP contribution in [0.15, 0.2) is 47.8 Å². The molecule has 0 atom stereocenters. The molecule has 1 heterocycles. The number of carbonyl (C=O) groups excluding carboxylic acids is 1. The first-order chi connectivity index (χ1) is 12.5. The Morgan fingerprint density at radius 2 is 2.08 bits per heavy atom. The van der Waals surface area contributed by atoms with Crippen LogP contribution in [-0.4, -0.2) is 46.0 Å². The highest BCUT2D eigenvalue weighted by molar-refractivity contribution is 6.01. The molecule has 0 radical (unpaired) electrons. The van der Waals surface area contributed by atoms with Gasteiger partial charge in [0.2, 0.25) is 5.91 Å². The van der Waals surface area contributed by atoms with Crippen molar-refractivity contribution in [3.05, 3.63) is 53.9 Å². The van der Waals surface area contributed by atoms with E-state index < -0.39 is 5.97 Å². The van der Waals surface area contributed by atoms with Gasteiger partial charge in [-0.3, -0.25) is 9.78 Å². The van der Waals surface area contributed by atoms with Crippen LogP contribution in [-0.2, 0) is 4.79 Å². The molecule has 9 nitrogen and oxygen atoms in total. The van der Waals surface area contributed by atoms with Crippen molar-refractivity contribution >= 4 is 23.3 Å². The first-order valence-electron chi connectivity index (χ1n) is 7.67. The number of carboxylic acid groups (broad SMARTS) is 1. The summed E-state index contributed by atoms with van der Waals surface area (Å²) in [5.74, 6) is -0.907. The molecule has 1 aromatic heterocycles. The number of carbonyl (C=O) groups is 2. The highest BCUT2D eigenvalue weighted by atomic mass is 16.5. The summed E-state index contributed by atoms with van der Waals surface area (Å²) >= 11 is 0. The highest BCUT2D eigenvalue weighted by Gasteiger charge is 2.11. The van der Waals surface area contributed by atoms with Gasteiger partial charge in [-0.2, -0.15) is 0 Å². The summed E-state index contributed by atoms with van der Waals surface area (Å²) in [5, 5.41) is 24.0. The van der Waals surface area contributed by atoms with E-state index >= 15 is 0 Å². The van der Waals surface area contributed by atoms with Gasteiger partial charge in [-0.25, -0.2) is 4.79 Å². The Bertz CT molecular complexity index is 822. The van der Waals surface area contributed by atoms with E-state index in [1.54, 1.807) is 24.3 Å². The second-order valence-corrected chi connectivity index (χ2v) is 5.18. The summed E-state index contributed by atoms with van der Waals surface area (Å²) in [6.45, 7) is 0.105. The van der Waals surface area contributed by atoms with E-state index in [0.29, 0.717) is 11.4 Å². The number of hydrogen-bond donors (Lipinski definition) is 4. The molecule has 0 fully saturated rings. The Morgan fingerprint density at radius 1 is 1.27 bits per heavy atom. The lowest BCUT2D eigenvalue weighted by Crippen LogP contribution is -2.17. The van der Waals surface area contributed by atoms with Crippen molar-refractivity contribution in [1.29, 1.82) is 0 Å². The number of nitrogens with one attached hydrogen (secondary N) is 1. The first-order valence-corrected chi connectivity index (χ1v) is 7.67. The van der Waals surface area contributed by atoms with Gasteiger partial charge in [-0.1, -0.05) is 11.2 Å². The molecule has 26 heavy (non-hydrogen) atoms. The van der Waals surface area contributed by atoms with Crippen LogP contribution in [0.4, 0.5) is 5.69 Å². The molecular formula is C17H18N4O5. The molecule has 1 amide bonds. The van der Waals surface area contributed by atoms with Gasteiger partial charge in [0.1, 0.15) is 18.1 Å². The maximum atomic E-state index is 11.6. The zero-order valence-corrected chi connectivity index (χ0v) is 13.8. The lowest BCUT2D eigenvalue weighted by atomic mass is 10.2. The predicted molar refractivity (Wildman–Crippen MR) is 93.8 cm³/mol. The highest BCUT2D eigenvalue weighted by Crippen LogP contribution is 2.18. The molecule has 2 aromatic rings. The summed E-state index contributed by atoms with van der Waals surface area (Å²) in [4.78, 5) is 26.6. The molecule has 0 saturated carbocycles. The number of pyridine rings is 1. The molecular weight excluding hydrogens is 340 g/mol. The minimum atomic E-state index is -1.12. The number of rotatable bonds is 8. The average Bonchev–Trinajstić information content (AvgIpc) is 2.63. The molecule has 136 valence electrons. The Morgan fingerprint density at radius 3 is 2.77 bits per heavy atom. The van der Waals surface area contributed by atoms with Crippen LogP contribution in [0.1, 0.15) is 22.5 Å². The average molecular weight is 358 g/mol. The van der Waals surface area contributed by atoms with Crippen LogP contribution in [0.2, 0.25) is 0 Å². The Hall–Kier alpha value is -3.46. The summed E-state index contributed by atoms with van der Waals surface area (Å²) in [5.41, 5.74) is 6.12. The Balaban J connectivity index is 2.06. The fourth-order valence-electron chi connectivity index (χ4n) is 2.05. The number of nitrogens with zero attached hydrogens (tertiary/aromatic N) is 2. The SMILES string of the molecule is NCCC(=O)Nc1cccc(OC/C(=N\O)c2cc(C(=O)O)ccn2)c1. The maximum absolute atomic E-state index is 11.6. The molecule has 1 aromatic carbocycles. The number of oxime groups is 1. The summed E-state index contributed by atoms with van der Waals surface area (Å²) in [6, 6.07) is 9.26. The third kappa shape index (κ3) is 5.28. The number of carboxylic acids is 1. The molecule has 5 N–H and O–H groups in total. The van der Waals surface area contributed by atoms with Crippen molar-refractivity contribution in [3.8, 4) is 5.75 Å². The number of aromatic nitrogens is 1. The second-order valence-electron chi connectivity index (χ2n) is 5.18. The van der Waals surface area contributed by atoms with Gasteiger partial charge in [-0.05, 0) is 24.3 Å². The van der Waals surface area contributed by atoms with Crippen molar-refractivity contribution in [2.24, 2.45) is 10.9 Å². The van der Waals surface area contributed by atoms with E-state index in [-0.39, 0.29) is 42.4 Å². The zero-order valence-electron chi connectivity index (χ0n) is 13.8. The van der Waals surface area contributed by atoms with E-state index in [4.69, 9.17) is 15.6 Å². The van der Waals surface area contributed by atoms with Crippen molar-refractivity contribution in [2.45, 2.75) is 6.42 Å². The number of anilines is 1. The largest absolute Gasteiger partial charge is 0.487 e. The van der Waals surface area contributed by atoms with Crippen LogP contribution in [0.25, 0.3) is 0 Å². The topological polar surface area (TPSA) is 147 Å². The fraction of sp³-hybridized carbons (Fsp3) is 0.176. The van der Waals surface area contributed by atoms with Crippen molar-refractivity contribution in [1.82, 2.24) is 4.98 Å². The molecule has 9 heteroatoms. The molecule has 0 bridgehead atoms. The van der Waals surface area contributed by atoms with Gasteiger partial charge < -0.3 is 26.1 Å². The molecule has 0 aliphatic carbocycles. The Kier molecular flexibility index (Phi) is 6.63. The number of ether oxygens (including phenoxy) is 1. The molecule has 0 aliphatic rings. The number of amides is 1. The smallest absolute Gasteiger partial charge is 0.335 e. The van der Waals surface area contributed by atoms with Gasteiger partial charge in [0.05, 0.1) is 11.3 Å². The van der Waals surface area contributed by atoms with Crippen LogP contribution < -0.4 is 15.8 Å². The van der Waals surface area contributed by atoms with Gasteiger partial charge in [0, 0.05) is 30.9 Å². The normalized spacial score (nSPS) is 11.0. The van der Waals surface area contributed by atoms with Crippen molar-refractivity contribution in [2.75, 3.05) is 18.5 Å². The summed E-state index contributed by atoms with van der Waals surface area (Å²) in [7, 11) is 0. The molecule has 0 spiro atoms. The predicted octanol–water partition coefficient (Wildman–Crippen LogP) is 1.32. The quantitative estimate of drug-likeness (QED) is 0.316. The minimum absolute atomic E-state index is 0.0146. The second kappa shape index (κ2) is 9.14. The number of nitrogens with two attached hydrogens (primary N) is 1. The molecule has 0 saturated heterocycles. The molecule has 0 unspecified atom stereocenters. The monoisotopic (exact) mass is 358 g/mol. The van der Waals surface area contributed by atoms with Gasteiger partial charge in [0.15, 0.2) is 0 Å². The maximum Gasteiger partial charge on any atom is 0.335 e. The lowest BCUT2D eigenvalue weighted by Gasteiger charge is -2.10. The van der Waals surface area contributed by atoms with Crippen LogP contribution in [0, 0.1) is 0 Å². The van der Waals surface area contributed by atoms with E-state index in [1.165, 1.54) is 18.3 Å². The molecule has 0 aliphatic heterocycles. The Labute approximate surface area is 149 Å². The van der Waals surface area contributed by atoms with Gasteiger partial charge in [0.25, 0.3) is 0 Å². The minimum Gasteiger partial charge on any atom is -0.487 e.